The van der Waals surface area contributed by atoms with E-state index in [0.717, 1.165) is 8.96 Å². The van der Waals surface area contributed by atoms with E-state index in [-0.39, 0.29) is 12.2 Å². The number of halogens is 2. The van der Waals surface area contributed by atoms with E-state index in [0.29, 0.717) is 0 Å². The number of hydrogen-bond donors (Lipinski definition) is 0. The Hall–Kier alpha value is -0.120. The summed E-state index contributed by atoms with van der Waals surface area (Å²) in [5, 5.41) is 0. The van der Waals surface area contributed by atoms with Crippen LogP contribution in [0.3, 0.4) is 0 Å². The molecule has 2 unspecified atom stereocenters. The summed E-state index contributed by atoms with van der Waals surface area (Å²) in [4.78, 5) is 0. The molecule has 2 aliphatic heterocycles. The highest BCUT2D eigenvalue weighted by Gasteiger charge is 2.42. The number of rotatable bonds is 0. The third-order valence-electron chi connectivity index (χ3n) is 2.52. The van der Waals surface area contributed by atoms with Crippen LogP contribution >= 0.6 is 31.9 Å². The first-order chi connectivity index (χ1) is 6.29. The van der Waals surface area contributed by atoms with Crippen molar-refractivity contribution in [2.75, 3.05) is 0 Å². The van der Waals surface area contributed by atoms with Crippen LogP contribution in [0.15, 0.2) is 33.2 Å². The molecule has 3 heteroatoms. The standard InChI is InChI=1S/C10H6Br2O/c11-7-8(12)10-6-4-2-1-3-5(6)9(7)13-10/h1-4,9-10H. The van der Waals surface area contributed by atoms with E-state index in [1.54, 1.807) is 0 Å². The van der Waals surface area contributed by atoms with Crippen molar-refractivity contribution in [2.45, 2.75) is 12.2 Å². The molecule has 66 valence electrons. The average molecular weight is 302 g/mol. The summed E-state index contributed by atoms with van der Waals surface area (Å²) in [5.74, 6) is 0. The maximum atomic E-state index is 5.80. The fraction of sp³-hybridized carbons (Fsp3) is 0.200. The smallest absolute Gasteiger partial charge is 0.117 e. The van der Waals surface area contributed by atoms with Crippen molar-refractivity contribution in [3.63, 3.8) is 0 Å². The van der Waals surface area contributed by atoms with Crippen LogP contribution in [-0.2, 0) is 4.74 Å². The van der Waals surface area contributed by atoms with Gasteiger partial charge in [-0.1, -0.05) is 56.1 Å². The lowest BCUT2D eigenvalue weighted by atomic mass is 9.97. The first-order valence-corrected chi connectivity index (χ1v) is 5.67. The predicted octanol–water partition coefficient (Wildman–Crippen LogP) is 3.81. The normalized spacial score (nSPS) is 29.7. The Morgan fingerprint density at radius 2 is 1.38 bits per heavy atom. The van der Waals surface area contributed by atoms with Crippen molar-refractivity contribution in [1.82, 2.24) is 0 Å². The van der Waals surface area contributed by atoms with Crippen molar-refractivity contribution in [1.29, 1.82) is 0 Å². The fourth-order valence-electron chi connectivity index (χ4n) is 1.91. The largest absolute Gasteiger partial charge is 0.355 e. The molecule has 0 aromatic heterocycles. The summed E-state index contributed by atoms with van der Waals surface area (Å²) in [5.41, 5.74) is 2.59. The molecule has 2 heterocycles. The summed E-state index contributed by atoms with van der Waals surface area (Å²) >= 11 is 7.08. The van der Waals surface area contributed by atoms with Gasteiger partial charge in [-0.2, -0.15) is 0 Å². The van der Waals surface area contributed by atoms with Gasteiger partial charge in [0.2, 0.25) is 0 Å². The van der Waals surface area contributed by atoms with Gasteiger partial charge in [0.25, 0.3) is 0 Å². The van der Waals surface area contributed by atoms with Gasteiger partial charge in [-0.25, -0.2) is 0 Å². The van der Waals surface area contributed by atoms with Gasteiger partial charge in [-0.3, -0.25) is 0 Å². The van der Waals surface area contributed by atoms with Crippen LogP contribution in [0.1, 0.15) is 23.3 Å². The maximum Gasteiger partial charge on any atom is 0.117 e. The molecule has 0 radical (unpaired) electrons. The van der Waals surface area contributed by atoms with Crippen LogP contribution in [0.5, 0.6) is 0 Å². The van der Waals surface area contributed by atoms with Gasteiger partial charge in [-0.05, 0) is 11.1 Å². The van der Waals surface area contributed by atoms with Gasteiger partial charge in [-0.15, -0.1) is 0 Å². The molecule has 0 aliphatic carbocycles. The molecule has 1 aromatic carbocycles. The van der Waals surface area contributed by atoms with E-state index in [2.05, 4.69) is 56.1 Å². The van der Waals surface area contributed by atoms with Crippen LogP contribution in [0.4, 0.5) is 0 Å². The van der Waals surface area contributed by atoms with Gasteiger partial charge < -0.3 is 4.74 Å². The van der Waals surface area contributed by atoms with Gasteiger partial charge in [0.15, 0.2) is 0 Å². The van der Waals surface area contributed by atoms with Crippen LogP contribution in [0.2, 0.25) is 0 Å². The molecule has 0 amide bonds. The van der Waals surface area contributed by atoms with Crippen molar-refractivity contribution >= 4 is 31.9 Å². The Balaban J connectivity index is 2.24. The number of benzene rings is 1. The molecule has 2 aliphatic rings. The van der Waals surface area contributed by atoms with E-state index >= 15 is 0 Å². The Morgan fingerprint density at radius 1 is 0.923 bits per heavy atom. The number of hydrogen-bond acceptors (Lipinski definition) is 1. The molecule has 0 saturated carbocycles. The van der Waals surface area contributed by atoms with E-state index in [1.165, 1.54) is 11.1 Å². The van der Waals surface area contributed by atoms with Crippen molar-refractivity contribution in [3.05, 3.63) is 44.4 Å². The zero-order valence-corrected chi connectivity index (χ0v) is 9.80. The van der Waals surface area contributed by atoms with E-state index in [4.69, 9.17) is 4.74 Å². The minimum atomic E-state index is 0.121. The Morgan fingerprint density at radius 3 is 1.85 bits per heavy atom. The minimum absolute atomic E-state index is 0.121. The molecule has 0 saturated heterocycles. The van der Waals surface area contributed by atoms with Gasteiger partial charge in [0.1, 0.15) is 12.2 Å². The number of fused-ring (bicyclic) bond motifs is 5. The van der Waals surface area contributed by atoms with Crippen LogP contribution in [0.25, 0.3) is 0 Å². The zero-order chi connectivity index (χ0) is 9.00. The average Bonchev–Trinajstić information content (AvgIpc) is 2.66. The summed E-state index contributed by atoms with van der Waals surface area (Å²) in [6.07, 6.45) is 0.242. The molecule has 2 bridgehead atoms. The number of ether oxygens (including phenoxy) is 1. The topological polar surface area (TPSA) is 9.23 Å². The summed E-state index contributed by atoms with van der Waals surface area (Å²) in [7, 11) is 0. The molecule has 2 atom stereocenters. The molecule has 3 rings (SSSR count). The highest BCUT2D eigenvalue weighted by atomic mass is 79.9. The highest BCUT2D eigenvalue weighted by molar-refractivity contribution is 9.14. The maximum absolute atomic E-state index is 5.80. The fourth-order valence-corrected chi connectivity index (χ4v) is 3.04. The van der Waals surface area contributed by atoms with Gasteiger partial charge in [0.05, 0.1) is 0 Å². The molecule has 0 fully saturated rings. The van der Waals surface area contributed by atoms with E-state index in [1.807, 2.05) is 0 Å². The Labute approximate surface area is 93.0 Å². The third-order valence-corrected chi connectivity index (χ3v) is 4.74. The minimum Gasteiger partial charge on any atom is -0.355 e. The third kappa shape index (κ3) is 0.953. The highest BCUT2D eigenvalue weighted by Crippen LogP contribution is 2.57. The first kappa shape index (κ1) is 8.21. The van der Waals surface area contributed by atoms with Crippen molar-refractivity contribution in [3.8, 4) is 0 Å². The Kier molecular flexibility index (Phi) is 1.70. The molecule has 13 heavy (non-hydrogen) atoms. The second-order valence-corrected chi connectivity index (χ2v) is 4.93. The molecule has 1 aromatic rings. The monoisotopic (exact) mass is 300 g/mol. The van der Waals surface area contributed by atoms with Crippen LogP contribution < -0.4 is 0 Å². The van der Waals surface area contributed by atoms with Crippen molar-refractivity contribution in [2.24, 2.45) is 0 Å². The molecule has 0 N–H and O–H groups in total. The summed E-state index contributed by atoms with van der Waals surface area (Å²) < 4.78 is 8.07. The van der Waals surface area contributed by atoms with E-state index < -0.39 is 0 Å². The van der Waals surface area contributed by atoms with Crippen molar-refractivity contribution < 1.29 is 4.74 Å². The molecule has 1 nitrogen and oxygen atoms in total. The van der Waals surface area contributed by atoms with Gasteiger partial charge in [0, 0.05) is 8.96 Å². The van der Waals surface area contributed by atoms with E-state index in [9.17, 15) is 0 Å². The summed E-state index contributed by atoms with van der Waals surface area (Å²) in [6.45, 7) is 0. The zero-order valence-electron chi connectivity index (χ0n) is 6.63. The second kappa shape index (κ2) is 2.69. The molecular formula is C10H6Br2O. The first-order valence-electron chi connectivity index (χ1n) is 4.08. The lowest BCUT2D eigenvalue weighted by Gasteiger charge is -2.11. The summed E-state index contributed by atoms with van der Waals surface area (Å²) in [6, 6.07) is 8.36. The quantitative estimate of drug-likeness (QED) is 0.708. The molecule has 0 spiro atoms. The lowest BCUT2D eigenvalue weighted by Crippen LogP contribution is -1.97. The lowest BCUT2D eigenvalue weighted by molar-refractivity contribution is 0.0857. The van der Waals surface area contributed by atoms with Gasteiger partial charge >= 0.3 is 0 Å². The van der Waals surface area contributed by atoms with Crippen LogP contribution in [-0.4, -0.2) is 0 Å². The molecular weight excluding hydrogens is 296 g/mol. The Bertz CT molecular complexity index is 374. The predicted molar refractivity (Wildman–Crippen MR) is 57.9 cm³/mol. The SMILES string of the molecule is BrC1=C(Br)C2OC1c1ccccc12. The second-order valence-electron chi connectivity index (χ2n) is 3.22. The van der Waals surface area contributed by atoms with Crippen LogP contribution in [0, 0.1) is 0 Å².